The van der Waals surface area contributed by atoms with Crippen LogP contribution in [0.3, 0.4) is 0 Å². The molecule has 0 aliphatic heterocycles. The second-order valence-corrected chi connectivity index (χ2v) is 6.30. The zero-order chi connectivity index (χ0) is 15.2. The number of ether oxygens (including phenoxy) is 2. The molecule has 0 bridgehead atoms. The SMILES string of the molecule is COCCNC(=O)OC(c1ccc(Br)nc1)C(C)(C)C. The molecule has 1 aromatic rings. The van der Waals surface area contributed by atoms with Crippen molar-refractivity contribution in [2.75, 3.05) is 20.3 Å². The highest BCUT2D eigenvalue weighted by atomic mass is 79.9. The number of hydrogen-bond donors (Lipinski definition) is 1. The van der Waals surface area contributed by atoms with E-state index < -0.39 is 6.09 Å². The maximum atomic E-state index is 11.8. The largest absolute Gasteiger partial charge is 0.441 e. The second kappa shape index (κ2) is 7.59. The number of aromatic nitrogens is 1. The Hall–Kier alpha value is -1.14. The molecule has 0 aliphatic carbocycles. The van der Waals surface area contributed by atoms with E-state index in [1.54, 1.807) is 13.3 Å². The lowest BCUT2D eigenvalue weighted by molar-refractivity contribution is 0.0291. The van der Waals surface area contributed by atoms with E-state index in [0.29, 0.717) is 13.2 Å². The number of alkyl carbamates (subject to hydrolysis) is 1. The second-order valence-electron chi connectivity index (χ2n) is 5.49. The van der Waals surface area contributed by atoms with E-state index in [1.165, 1.54) is 0 Å². The van der Waals surface area contributed by atoms with Crippen LogP contribution in [-0.4, -0.2) is 31.3 Å². The quantitative estimate of drug-likeness (QED) is 0.657. The predicted molar refractivity (Wildman–Crippen MR) is 80.5 cm³/mol. The van der Waals surface area contributed by atoms with Crippen LogP contribution in [-0.2, 0) is 9.47 Å². The number of methoxy groups -OCH3 is 1. The third-order valence-electron chi connectivity index (χ3n) is 2.64. The smallest absolute Gasteiger partial charge is 0.407 e. The first kappa shape index (κ1) is 16.9. The van der Waals surface area contributed by atoms with Gasteiger partial charge in [-0.2, -0.15) is 0 Å². The van der Waals surface area contributed by atoms with Gasteiger partial charge in [0.1, 0.15) is 10.7 Å². The molecule has 0 spiro atoms. The summed E-state index contributed by atoms with van der Waals surface area (Å²) in [6, 6.07) is 3.73. The molecular formula is C14H21BrN2O3. The highest BCUT2D eigenvalue weighted by molar-refractivity contribution is 9.10. The highest BCUT2D eigenvalue weighted by Crippen LogP contribution is 2.36. The van der Waals surface area contributed by atoms with E-state index in [0.717, 1.165) is 10.2 Å². The first-order chi connectivity index (χ1) is 9.34. The van der Waals surface area contributed by atoms with Crippen molar-refractivity contribution >= 4 is 22.0 Å². The van der Waals surface area contributed by atoms with Crippen LogP contribution >= 0.6 is 15.9 Å². The van der Waals surface area contributed by atoms with E-state index >= 15 is 0 Å². The van der Waals surface area contributed by atoms with Gasteiger partial charge in [-0.1, -0.05) is 26.8 Å². The van der Waals surface area contributed by atoms with Crippen LogP contribution in [0.5, 0.6) is 0 Å². The number of halogens is 1. The van der Waals surface area contributed by atoms with Crippen LogP contribution < -0.4 is 5.32 Å². The molecule has 1 rings (SSSR count). The zero-order valence-electron chi connectivity index (χ0n) is 12.3. The van der Waals surface area contributed by atoms with Gasteiger partial charge in [0.05, 0.1) is 6.61 Å². The van der Waals surface area contributed by atoms with E-state index in [2.05, 4.69) is 26.2 Å². The molecule has 0 aliphatic rings. The van der Waals surface area contributed by atoms with Gasteiger partial charge in [-0.15, -0.1) is 0 Å². The van der Waals surface area contributed by atoms with Gasteiger partial charge in [0.2, 0.25) is 0 Å². The summed E-state index contributed by atoms with van der Waals surface area (Å²) in [5, 5.41) is 2.65. The van der Waals surface area contributed by atoms with E-state index in [1.807, 2.05) is 32.9 Å². The van der Waals surface area contributed by atoms with Gasteiger partial charge in [-0.3, -0.25) is 0 Å². The van der Waals surface area contributed by atoms with Crippen molar-refractivity contribution in [2.24, 2.45) is 5.41 Å². The summed E-state index contributed by atoms with van der Waals surface area (Å²) >= 11 is 3.29. The average molecular weight is 345 g/mol. The van der Waals surface area contributed by atoms with Gasteiger partial charge >= 0.3 is 6.09 Å². The van der Waals surface area contributed by atoms with Crippen molar-refractivity contribution in [3.8, 4) is 0 Å². The molecule has 112 valence electrons. The number of pyridine rings is 1. The monoisotopic (exact) mass is 344 g/mol. The Kier molecular flexibility index (Phi) is 6.42. The summed E-state index contributed by atoms with van der Waals surface area (Å²) in [4.78, 5) is 16.0. The fourth-order valence-corrected chi connectivity index (χ4v) is 1.93. The topological polar surface area (TPSA) is 60.5 Å². The molecule has 1 aromatic heterocycles. The van der Waals surface area contributed by atoms with E-state index in [-0.39, 0.29) is 11.5 Å². The predicted octanol–water partition coefficient (Wildman–Crippen LogP) is 3.30. The fourth-order valence-electron chi connectivity index (χ4n) is 1.69. The summed E-state index contributed by atoms with van der Waals surface area (Å²) in [7, 11) is 1.58. The molecule has 1 heterocycles. The molecule has 1 N–H and O–H groups in total. The molecule has 0 radical (unpaired) electrons. The number of amides is 1. The Morgan fingerprint density at radius 1 is 1.45 bits per heavy atom. The Bertz CT molecular complexity index is 429. The molecule has 0 aromatic carbocycles. The summed E-state index contributed by atoms with van der Waals surface area (Å²) in [5.41, 5.74) is 0.635. The van der Waals surface area contributed by atoms with Crippen molar-refractivity contribution in [3.63, 3.8) is 0 Å². The summed E-state index contributed by atoms with van der Waals surface area (Å²) < 4.78 is 11.2. The highest BCUT2D eigenvalue weighted by Gasteiger charge is 2.30. The minimum Gasteiger partial charge on any atom is -0.441 e. The number of carbonyl (C=O) groups excluding carboxylic acids is 1. The zero-order valence-corrected chi connectivity index (χ0v) is 13.9. The Morgan fingerprint density at radius 2 is 2.15 bits per heavy atom. The van der Waals surface area contributed by atoms with Crippen molar-refractivity contribution in [2.45, 2.75) is 26.9 Å². The van der Waals surface area contributed by atoms with Gasteiger partial charge in [0.25, 0.3) is 0 Å². The van der Waals surface area contributed by atoms with Crippen LogP contribution in [0.2, 0.25) is 0 Å². The number of rotatable bonds is 5. The van der Waals surface area contributed by atoms with Crippen LogP contribution in [0.4, 0.5) is 4.79 Å². The van der Waals surface area contributed by atoms with Gasteiger partial charge in [0, 0.05) is 30.8 Å². The van der Waals surface area contributed by atoms with Crippen LogP contribution in [0.1, 0.15) is 32.4 Å². The van der Waals surface area contributed by atoms with E-state index in [9.17, 15) is 4.79 Å². The molecule has 5 nitrogen and oxygen atoms in total. The molecule has 1 unspecified atom stereocenters. The summed E-state index contributed by atoms with van der Waals surface area (Å²) in [5.74, 6) is 0. The summed E-state index contributed by atoms with van der Waals surface area (Å²) in [6.45, 7) is 6.92. The Balaban J connectivity index is 2.76. The first-order valence-corrected chi connectivity index (χ1v) is 7.18. The molecule has 0 fully saturated rings. The minimum atomic E-state index is -0.454. The fraction of sp³-hybridized carbons (Fsp3) is 0.571. The molecule has 20 heavy (non-hydrogen) atoms. The van der Waals surface area contributed by atoms with Gasteiger partial charge in [-0.05, 0) is 22.0 Å². The molecule has 0 saturated heterocycles. The Morgan fingerprint density at radius 3 is 2.65 bits per heavy atom. The average Bonchev–Trinajstić information content (AvgIpc) is 2.36. The molecule has 6 heteroatoms. The van der Waals surface area contributed by atoms with Gasteiger partial charge in [0.15, 0.2) is 0 Å². The number of hydrogen-bond acceptors (Lipinski definition) is 4. The van der Waals surface area contributed by atoms with E-state index in [4.69, 9.17) is 9.47 Å². The van der Waals surface area contributed by atoms with Crippen molar-refractivity contribution in [1.29, 1.82) is 0 Å². The van der Waals surface area contributed by atoms with Crippen molar-refractivity contribution in [3.05, 3.63) is 28.5 Å². The first-order valence-electron chi connectivity index (χ1n) is 6.39. The van der Waals surface area contributed by atoms with Crippen molar-refractivity contribution in [1.82, 2.24) is 10.3 Å². The Labute approximate surface area is 128 Å². The molecule has 1 atom stereocenters. The van der Waals surface area contributed by atoms with Gasteiger partial charge in [-0.25, -0.2) is 9.78 Å². The normalized spacial score (nSPS) is 12.8. The lowest BCUT2D eigenvalue weighted by atomic mass is 9.85. The maximum absolute atomic E-state index is 11.8. The van der Waals surface area contributed by atoms with Crippen molar-refractivity contribution < 1.29 is 14.3 Å². The minimum absolute atomic E-state index is 0.228. The van der Waals surface area contributed by atoms with Gasteiger partial charge < -0.3 is 14.8 Å². The molecule has 0 saturated carbocycles. The van der Waals surface area contributed by atoms with Crippen LogP contribution in [0.15, 0.2) is 22.9 Å². The summed E-state index contributed by atoms with van der Waals surface area (Å²) in [6.07, 6.45) is 0.887. The lowest BCUT2D eigenvalue weighted by Gasteiger charge is -2.30. The van der Waals surface area contributed by atoms with Crippen LogP contribution in [0.25, 0.3) is 0 Å². The number of carbonyl (C=O) groups is 1. The number of nitrogens with one attached hydrogen (secondary N) is 1. The third kappa shape index (κ3) is 5.46. The third-order valence-corrected chi connectivity index (χ3v) is 3.11. The maximum Gasteiger partial charge on any atom is 0.407 e. The lowest BCUT2D eigenvalue weighted by Crippen LogP contribution is -2.32. The number of nitrogens with zero attached hydrogens (tertiary/aromatic N) is 1. The molecule has 1 amide bonds. The van der Waals surface area contributed by atoms with Crippen LogP contribution in [0, 0.1) is 5.41 Å². The standard InChI is InChI=1S/C14H21BrN2O3/c1-14(2,3)12(10-5-6-11(15)17-9-10)20-13(18)16-7-8-19-4/h5-6,9,12H,7-8H2,1-4H3,(H,16,18). The molecular weight excluding hydrogens is 324 g/mol.